The molecule has 8 nitrogen and oxygen atoms in total. The largest absolute Gasteiger partial charge is 0.467 e. The van der Waals surface area contributed by atoms with Crippen molar-refractivity contribution in [1.82, 2.24) is 9.80 Å². The van der Waals surface area contributed by atoms with Gasteiger partial charge in [-0.25, -0.2) is 14.6 Å². The fourth-order valence-corrected chi connectivity index (χ4v) is 3.33. The van der Waals surface area contributed by atoms with Gasteiger partial charge >= 0.3 is 17.8 Å². The number of anilines is 1. The molecule has 8 heteroatoms. The maximum Gasteiger partial charge on any atom is 0.335 e. The van der Waals surface area contributed by atoms with Gasteiger partial charge in [-0.2, -0.15) is 0 Å². The highest BCUT2D eigenvalue weighted by atomic mass is 16.3. The summed E-state index contributed by atoms with van der Waals surface area (Å²) in [6.45, 7) is -0.730. The monoisotopic (exact) mass is 417 g/mol. The molecule has 0 bridgehead atoms. The van der Waals surface area contributed by atoms with E-state index in [0.29, 0.717) is 22.8 Å². The Balaban J connectivity index is 1.44. The molecule has 31 heavy (non-hydrogen) atoms. The molecule has 0 spiro atoms. The number of nitrogens with one attached hydrogen (secondary N) is 1. The second-order valence-corrected chi connectivity index (χ2v) is 7.01. The van der Waals surface area contributed by atoms with E-state index in [2.05, 4.69) is 5.32 Å². The first-order valence-corrected chi connectivity index (χ1v) is 9.64. The third-order valence-electron chi connectivity index (χ3n) is 4.86. The molecule has 1 aliphatic heterocycles. The third kappa shape index (κ3) is 4.37. The third-order valence-corrected chi connectivity index (χ3v) is 4.86. The molecule has 1 aromatic heterocycles. The van der Waals surface area contributed by atoms with Crippen LogP contribution < -0.4 is 5.32 Å². The maximum absolute atomic E-state index is 12.6. The van der Waals surface area contributed by atoms with Crippen molar-refractivity contribution >= 4 is 29.4 Å². The van der Waals surface area contributed by atoms with Gasteiger partial charge in [0.25, 0.3) is 0 Å². The highest BCUT2D eigenvalue weighted by Crippen LogP contribution is 2.20. The van der Waals surface area contributed by atoms with Crippen molar-refractivity contribution in [3.63, 3.8) is 0 Å². The van der Waals surface area contributed by atoms with Crippen molar-refractivity contribution in [1.29, 1.82) is 0 Å². The molecule has 3 aromatic rings. The zero-order valence-corrected chi connectivity index (χ0v) is 16.5. The number of urea groups is 1. The fourth-order valence-electron chi connectivity index (χ4n) is 3.33. The summed E-state index contributed by atoms with van der Waals surface area (Å²) >= 11 is 0. The number of imide groups is 2. The first-order chi connectivity index (χ1) is 15.0. The minimum Gasteiger partial charge on any atom is -0.467 e. The van der Waals surface area contributed by atoms with Crippen molar-refractivity contribution in [2.24, 2.45) is 0 Å². The van der Waals surface area contributed by atoms with E-state index in [0.717, 1.165) is 16.0 Å². The molecule has 1 aliphatic rings. The van der Waals surface area contributed by atoms with Crippen LogP contribution in [0.5, 0.6) is 0 Å². The first-order valence-electron chi connectivity index (χ1n) is 9.64. The number of furan rings is 1. The molecule has 0 atom stereocenters. The Hall–Kier alpha value is -4.20. The number of carbonyl (C=O) groups excluding carboxylic acids is 4. The van der Waals surface area contributed by atoms with Crippen LogP contribution in [0.4, 0.5) is 10.5 Å². The molecule has 1 N–H and O–H groups in total. The lowest BCUT2D eigenvalue weighted by Gasteiger charge is -2.16. The van der Waals surface area contributed by atoms with Crippen LogP contribution in [0.2, 0.25) is 0 Å². The van der Waals surface area contributed by atoms with Gasteiger partial charge in [0.2, 0.25) is 5.91 Å². The van der Waals surface area contributed by atoms with E-state index in [4.69, 9.17) is 4.42 Å². The zero-order chi connectivity index (χ0) is 21.8. The Morgan fingerprint density at radius 2 is 1.55 bits per heavy atom. The zero-order valence-electron chi connectivity index (χ0n) is 16.5. The van der Waals surface area contributed by atoms with E-state index in [9.17, 15) is 19.2 Å². The Bertz CT molecular complexity index is 1130. The van der Waals surface area contributed by atoms with Gasteiger partial charge < -0.3 is 9.73 Å². The van der Waals surface area contributed by atoms with Crippen molar-refractivity contribution in [3.8, 4) is 0 Å². The van der Waals surface area contributed by atoms with E-state index in [1.807, 2.05) is 42.5 Å². The quantitative estimate of drug-likeness (QED) is 0.471. The lowest BCUT2D eigenvalue weighted by Crippen LogP contribution is -2.39. The standard InChI is InChI=1S/C23H19N3O5/c27-20(24-19-11-5-4-9-17(19)13-16-7-2-1-3-8-16)15-26-22(29)21(28)25(23(26)30)14-18-10-6-12-31-18/h1-12H,13-15H2,(H,24,27). The molecule has 4 rings (SSSR count). The van der Waals surface area contributed by atoms with Crippen LogP contribution in [0, 0.1) is 0 Å². The molecule has 2 aromatic carbocycles. The Morgan fingerprint density at radius 3 is 2.29 bits per heavy atom. The number of carbonyl (C=O) groups is 4. The van der Waals surface area contributed by atoms with Gasteiger partial charge in [0.15, 0.2) is 0 Å². The lowest BCUT2D eigenvalue weighted by molar-refractivity contribution is -0.144. The molecule has 0 unspecified atom stereocenters. The van der Waals surface area contributed by atoms with Crippen LogP contribution in [-0.2, 0) is 27.3 Å². The molecule has 0 aliphatic carbocycles. The fraction of sp³-hybridized carbons (Fsp3) is 0.130. The number of hydrogen-bond acceptors (Lipinski definition) is 5. The summed E-state index contributed by atoms with van der Waals surface area (Å²) in [5, 5.41) is 2.74. The Kier molecular flexibility index (Phi) is 5.61. The van der Waals surface area contributed by atoms with Gasteiger partial charge in [-0.05, 0) is 35.7 Å². The highest BCUT2D eigenvalue weighted by Gasteiger charge is 2.45. The number of nitrogens with zero attached hydrogens (tertiary/aromatic N) is 2. The summed E-state index contributed by atoms with van der Waals surface area (Å²) < 4.78 is 5.13. The molecule has 1 fully saturated rings. The molecule has 1 saturated heterocycles. The minimum absolute atomic E-state index is 0.172. The predicted octanol–water partition coefficient (Wildman–Crippen LogP) is 2.80. The SMILES string of the molecule is O=C(CN1C(=O)C(=O)N(Cc2ccco2)C1=O)Nc1ccccc1Cc1ccccc1. The maximum atomic E-state index is 12.6. The van der Waals surface area contributed by atoms with Crippen molar-refractivity contribution < 1.29 is 23.6 Å². The van der Waals surface area contributed by atoms with Gasteiger partial charge in [0.1, 0.15) is 12.3 Å². The van der Waals surface area contributed by atoms with Crippen molar-refractivity contribution in [2.75, 3.05) is 11.9 Å². The van der Waals surface area contributed by atoms with E-state index in [1.54, 1.807) is 24.3 Å². The van der Waals surface area contributed by atoms with Crippen LogP contribution in [0.3, 0.4) is 0 Å². The van der Waals surface area contributed by atoms with E-state index in [-0.39, 0.29) is 6.54 Å². The molecule has 0 saturated carbocycles. The molecule has 2 heterocycles. The van der Waals surface area contributed by atoms with Crippen molar-refractivity contribution in [3.05, 3.63) is 89.9 Å². The summed E-state index contributed by atoms with van der Waals surface area (Å²) in [4.78, 5) is 51.0. The summed E-state index contributed by atoms with van der Waals surface area (Å²) in [6, 6.07) is 19.4. The second-order valence-electron chi connectivity index (χ2n) is 7.01. The van der Waals surface area contributed by atoms with Crippen LogP contribution in [0.25, 0.3) is 0 Å². The van der Waals surface area contributed by atoms with Gasteiger partial charge in [0, 0.05) is 5.69 Å². The summed E-state index contributed by atoms with van der Waals surface area (Å²) in [7, 11) is 0. The summed E-state index contributed by atoms with van der Waals surface area (Å²) in [6.07, 6.45) is 2.01. The average molecular weight is 417 g/mol. The minimum atomic E-state index is -1.04. The number of hydrogen-bond donors (Lipinski definition) is 1. The molecular weight excluding hydrogens is 398 g/mol. The lowest BCUT2D eigenvalue weighted by atomic mass is 10.0. The van der Waals surface area contributed by atoms with Gasteiger partial charge in [-0.15, -0.1) is 0 Å². The van der Waals surface area contributed by atoms with Gasteiger partial charge in [0.05, 0.1) is 12.8 Å². The van der Waals surface area contributed by atoms with Gasteiger partial charge in [-0.3, -0.25) is 14.4 Å². The number of rotatable bonds is 7. The summed E-state index contributed by atoms with van der Waals surface area (Å²) in [5.74, 6) is -2.24. The Labute approximate surface area is 178 Å². The second kappa shape index (κ2) is 8.66. The number of para-hydroxylation sites is 1. The molecule has 5 amide bonds. The molecule has 0 radical (unpaired) electrons. The average Bonchev–Trinajstić information content (AvgIpc) is 3.35. The Morgan fingerprint density at radius 1 is 0.839 bits per heavy atom. The normalized spacial score (nSPS) is 13.7. The number of benzene rings is 2. The topological polar surface area (TPSA) is 99.9 Å². The van der Waals surface area contributed by atoms with Crippen LogP contribution in [0.15, 0.2) is 77.4 Å². The predicted molar refractivity (Wildman–Crippen MR) is 111 cm³/mol. The molecule has 156 valence electrons. The van der Waals surface area contributed by atoms with E-state index >= 15 is 0 Å². The van der Waals surface area contributed by atoms with Crippen molar-refractivity contribution in [2.45, 2.75) is 13.0 Å². The first kappa shape index (κ1) is 20.1. The summed E-state index contributed by atoms with van der Waals surface area (Å²) in [5.41, 5.74) is 2.54. The van der Waals surface area contributed by atoms with E-state index in [1.165, 1.54) is 6.26 Å². The van der Waals surface area contributed by atoms with Crippen LogP contribution in [-0.4, -0.2) is 40.1 Å². The van der Waals surface area contributed by atoms with Crippen LogP contribution in [0.1, 0.15) is 16.9 Å². The van der Waals surface area contributed by atoms with Crippen LogP contribution >= 0.6 is 0 Å². The smallest absolute Gasteiger partial charge is 0.335 e. The number of amides is 5. The van der Waals surface area contributed by atoms with E-state index < -0.39 is 30.3 Å². The van der Waals surface area contributed by atoms with Gasteiger partial charge in [-0.1, -0.05) is 48.5 Å². The molecular formula is C23H19N3O5. The highest BCUT2D eigenvalue weighted by molar-refractivity contribution is 6.45.